The monoisotopic (exact) mass is 1280 g/mol. The van der Waals surface area contributed by atoms with Gasteiger partial charge in [0.25, 0.3) is 0 Å². The Bertz CT molecular complexity index is 2600. The van der Waals surface area contributed by atoms with E-state index in [-0.39, 0.29) is 61.1 Å². The first-order valence-electron chi connectivity index (χ1n) is 31.9. The highest BCUT2D eigenvalue weighted by Gasteiger charge is 2.53. The SMILES string of the molecule is CON=C1C[C@@H](C)O[C@@H](O[C@@H]2[C@@H](C)[C@H](O[C@H]3C[C@H](C)N(CC4CC4)C[C@H](C)O3)[C@@H](C)C(=O)O[C@H]([C@@H](C)CO[C@@H]3O[C@H](C)[C@@H](O)[C@@H](OC)[C@H]3OC)[C@H](C)[C@@H](OC(=O)CC(C)C)[C@@H](C)C(=O)[C@@](C)(OC(=O)NC(C)(C)CNS(=O)(=O)c3ccccc3)C[C@@H]2C)[C@@H]1O. The van der Waals surface area contributed by atoms with Crippen molar-refractivity contribution in [2.75, 3.05) is 47.6 Å². The van der Waals surface area contributed by atoms with Crippen LogP contribution in [0.1, 0.15) is 142 Å². The highest BCUT2D eigenvalue weighted by Crippen LogP contribution is 2.41. The molecule has 508 valence electrons. The standard InChI is InChI=1S/C64H106N4O20S/c1-34(2)26-48(69)84-54-41(9)53(36(4)32-80-61-57(78-17)56(77-16)50(70)44(12)83-61)86-59(73)43(11)55(85-49-27-37(5)68(30-39(7)81-49)31-45-24-25-45)40(8)52(87-60-51(71)47(67-79-18)28-38(6)82-60)35(3)29-64(15,58(72)42(54)10)88-62(74)66-63(13,14)33-65-89(75,76)46-22-20-19-21-23-46/h19-23,34-45,49-57,60-61,65,70-71H,24-33H2,1-18H3,(H,66,74)/t35-,36-,37-,38+,39-,40+,41-,42+,43+,44+,49-,50+,51+,52-,53+,54+,55-,56+,57+,60-,61+,64-/m0/s1. The van der Waals surface area contributed by atoms with E-state index in [0.717, 1.165) is 19.4 Å². The van der Waals surface area contributed by atoms with Crippen molar-refractivity contribution in [2.45, 2.75) is 250 Å². The third-order valence-electron chi connectivity index (χ3n) is 18.1. The molecule has 4 saturated heterocycles. The summed E-state index contributed by atoms with van der Waals surface area (Å²) in [6.45, 7) is 27.5. The summed E-state index contributed by atoms with van der Waals surface area (Å²) < 4.78 is 100. The van der Waals surface area contributed by atoms with Gasteiger partial charge in [0, 0.05) is 76.9 Å². The number of ether oxygens (including phenoxy) is 11. The molecular formula is C64H106N4O20S. The Balaban J connectivity index is 1.50. The second-order valence-corrected chi connectivity index (χ2v) is 29.0. The van der Waals surface area contributed by atoms with Crippen LogP contribution in [0.15, 0.2) is 40.4 Å². The number of nitrogens with one attached hydrogen (secondary N) is 2. The number of carbonyl (C=O) groups is 4. The van der Waals surface area contributed by atoms with Crippen LogP contribution in [0, 0.1) is 47.3 Å². The third kappa shape index (κ3) is 19.8. The smallest absolute Gasteiger partial charge is 0.408 e. The van der Waals surface area contributed by atoms with Gasteiger partial charge in [0.15, 0.2) is 30.3 Å². The number of cyclic esters (lactones) is 1. The van der Waals surface area contributed by atoms with E-state index in [0.29, 0.717) is 18.9 Å². The van der Waals surface area contributed by atoms with Gasteiger partial charge in [0.2, 0.25) is 10.0 Å². The Morgan fingerprint density at radius 2 is 1.49 bits per heavy atom. The van der Waals surface area contributed by atoms with E-state index in [2.05, 4.69) is 27.0 Å². The van der Waals surface area contributed by atoms with E-state index in [9.17, 15) is 28.2 Å². The molecule has 0 bridgehead atoms. The number of esters is 2. The highest BCUT2D eigenvalue weighted by atomic mass is 32.2. The molecule has 1 aromatic carbocycles. The molecule has 25 heteroatoms. The first-order chi connectivity index (χ1) is 41.7. The average Bonchev–Trinajstić information content (AvgIpc) is 2.67. The van der Waals surface area contributed by atoms with Crippen LogP contribution in [0.3, 0.4) is 0 Å². The minimum absolute atomic E-state index is 0.0155. The lowest BCUT2D eigenvalue weighted by atomic mass is 9.74. The first kappa shape index (κ1) is 74.1. The van der Waals surface area contributed by atoms with Crippen molar-refractivity contribution in [3.8, 4) is 0 Å². The number of hydrogen-bond donors (Lipinski definition) is 4. The Morgan fingerprint density at radius 3 is 2.11 bits per heavy atom. The molecule has 22 atom stereocenters. The number of Topliss-reactive ketones (excluding diaryl/α,β-unsaturated/α-hetero) is 1. The number of aliphatic hydroxyl groups is 2. The number of ketones is 1. The van der Waals surface area contributed by atoms with E-state index in [4.69, 9.17) is 56.9 Å². The average molecular weight is 1280 g/mol. The molecule has 0 aromatic heterocycles. The summed E-state index contributed by atoms with van der Waals surface area (Å²) in [7, 11) is 0.220. The molecule has 5 aliphatic rings. The number of carbonyl (C=O) groups excluding carboxylic acids is 4. The number of hydrogen-bond acceptors (Lipinski definition) is 22. The Morgan fingerprint density at radius 1 is 0.831 bits per heavy atom. The molecule has 6 rings (SSSR count). The summed E-state index contributed by atoms with van der Waals surface area (Å²) in [5, 5.41) is 29.9. The molecular weight excluding hydrogens is 1180 g/mol. The van der Waals surface area contributed by atoms with Crippen LogP contribution in [0.4, 0.5) is 4.79 Å². The summed E-state index contributed by atoms with van der Waals surface area (Å²) in [5.74, 6) is -7.45. The molecule has 89 heavy (non-hydrogen) atoms. The molecule has 4 aliphatic heterocycles. The maximum absolute atomic E-state index is 16.1. The molecule has 4 heterocycles. The lowest BCUT2D eigenvalue weighted by molar-refractivity contribution is -0.305. The van der Waals surface area contributed by atoms with E-state index in [1.165, 1.54) is 40.4 Å². The normalized spacial score (nSPS) is 37.6. The molecule has 5 fully saturated rings. The second kappa shape index (κ2) is 32.3. The number of sulfonamides is 1. The van der Waals surface area contributed by atoms with E-state index in [1.54, 1.807) is 80.5 Å². The lowest BCUT2D eigenvalue weighted by Gasteiger charge is -2.45. The van der Waals surface area contributed by atoms with Gasteiger partial charge in [0.1, 0.15) is 43.7 Å². The number of aliphatic hydroxyl groups excluding tert-OH is 2. The van der Waals surface area contributed by atoms with Crippen molar-refractivity contribution in [3.63, 3.8) is 0 Å². The van der Waals surface area contributed by atoms with Gasteiger partial charge >= 0.3 is 18.0 Å². The van der Waals surface area contributed by atoms with Crippen LogP contribution in [0.5, 0.6) is 0 Å². The summed E-state index contributed by atoms with van der Waals surface area (Å²) in [5.41, 5.74) is -3.18. The minimum atomic E-state index is -4.03. The van der Waals surface area contributed by atoms with Gasteiger partial charge in [-0.25, -0.2) is 17.9 Å². The number of amides is 1. The molecule has 1 amide bonds. The number of benzene rings is 1. The Kier molecular flexibility index (Phi) is 26.8. The molecule has 1 saturated carbocycles. The number of oxime groups is 1. The maximum atomic E-state index is 16.1. The van der Waals surface area contributed by atoms with Crippen LogP contribution in [-0.4, -0.2) is 204 Å². The summed E-state index contributed by atoms with van der Waals surface area (Å²) in [6.07, 6.45) is -12.2. The Labute approximate surface area is 528 Å². The summed E-state index contributed by atoms with van der Waals surface area (Å²) in [6, 6.07) is 7.77. The predicted octanol–water partition coefficient (Wildman–Crippen LogP) is 6.54. The molecule has 24 nitrogen and oxygen atoms in total. The van der Waals surface area contributed by atoms with Crippen molar-refractivity contribution < 1.29 is 94.8 Å². The number of methoxy groups -OCH3 is 2. The van der Waals surface area contributed by atoms with Crippen molar-refractivity contribution in [1.82, 2.24) is 14.9 Å². The van der Waals surface area contributed by atoms with E-state index in [1.807, 2.05) is 27.7 Å². The second-order valence-electron chi connectivity index (χ2n) is 27.3. The van der Waals surface area contributed by atoms with Crippen molar-refractivity contribution in [3.05, 3.63) is 30.3 Å². The number of nitrogens with zero attached hydrogens (tertiary/aromatic N) is 2. The van der Waals surface area contributed by atoms with E-state index < -0.39 is 160 Å². The maximum Gasteiger partial charge on any atom is 0.408 e. The molecule has 0 unspecified atom stereocenters. The van der Waals surface area contributed by atoms with Crippen LogP contribution in [0.25, 0.3) is 0 Å². The zero-order valence-electron chi connectivity index (χ0n) is 55.8. The number of rotatable bonds is 22. The fraction of sp³-hybridized carbons (Fsp3) is 0.828. The quantitative estimate of drug-likeness (QED) is 0.0544. The van der Waals surface area contributed by atoms with Crippen LogP contribution in [0.2, 0.25) is 0 Å². The van der Waals surface area contributed by atoms with Gasteiger partial charge in [-0.3, -0.25) is 19.3 Å². The predicted molar refractivity (Wildman–Crippen MR) is 327 cm³/mol. The van der Waals surface area contributed by atoms with Crippen molar-refractivity contribution in [1.29, 1.82) is 0 Å². The Hall–Kier alpha value is -3.96. The molecule has 1 aliphatic carbocycles. The molecule has 0 spiro atoms. The van der Waals surface area contributed by atoms with Gasteiger partial charge in [-0.15, -0.1) is 0 Å². The van der Waals surface area contributed by atoms with Gasteiger partial charge in [-0.1, -0.05) is 71.8 Å². The topological polar surface area (TPSA) is 293 Å². The molecule has 4 N–H and O–H groups in total. The van der Waals surface area contributed by atoms with Crippen LogP contribution < -0.4 is 10.0 Å². The fourth-order valence-corrected chi connectivity index (χ4v) is 14.3. The fourth-order valence-electron chi connectivity index (χ4n) is 13.0. The van der Waals surface area contributed by atoms with Crippen LogP contribution >= 0.6 is 0 Å². The van der Waals surface area contributed by atoms with Gasteiger partial charge in [-0.2, -0.15) is 0 Å². The summed E-state index contributed by atoms with van der Waals surface area (Å²) in [4.78, 5) is 68.2. The van der Waals surface area contributed by atoms with Crippen LogP contribution in [-0.2, 0) is 81.3 Å². The van der Waals surface area contributed by atoms with Gasteiger partial charge < -0.3 is 72.5 Å². The summed E-state index contributed by atoms with van der Waals surface area (Å²) >= 11 is 0. The van der Waals surface area contributed by atoms with Gasteiger partial charge in [0.05, 0.1) is 65.1 Å². The van der Waals surface area contributed by atoms with Gasteiger partial charge in [-0.05, 0) is 105 Å². The zero-order valence-corrected chi connectivity index (χ0v) is 56.6. The minimum Gasteiger partial charge on any atom is -0.461 e. The molecule has 1 aromatic rings. The largest absolute Gasteiger partial charge is 0.461 e. The lowest BCUT2D eigenvalue weighted by Crippen LogP contribution is -2.59. The third-order valence-corrected chi connectivity index (χ3v) is 19.5. The van der Waals surface area contributed by atoms with E-state index >= 15 is 9.59 Å². The first-order valence-corrected chi connectivity index (χ1v) is 33.4. The number of alkyl carbamates (subject to hydrolysis) is 1. The van der Waals surface area contributed by atoms with Crippen molar-refractivity contribution >= 4 is 39.6 Å². The van der Waals surface area contributed by atoms with Crippen molar-refractivity contribution in [2.24, 2.45) is 52.5 Å². The zero-order chi connectivity index (χ0) is 66.0. The highest BCUT2D eigenvalue weighted by molar-refractivity contribution is 7.89. The molecule has 0 radical (unpaired) electrons.